The lowest BCUT2D eigenvalue weighted by Gasteiger charge is -2.33. The van der Waals surface area contributed by atoms with Crippen molar-refractivity contribution in [3.05, 3.63) is 21.4 Å². The van der Waals surface area contributed by atoms with Crippen LogP contribution in [0.5, 0.6) is 0 Å². The van der Waals surface area contributed by atoms with Gasteiger partial charge in [-0.3, -0.25) is 10.1 Å². The third-order valence-corrected chi connectivity index (χ3v) is 5.58. The zero-order valence-corrected chi connectivity index (χ0v) is 16.0. The number of amides is 2. The summed E-state index contributed by atoms with van der Waals surface area (Å²) in [5, 5.41) is 1.99. The second kappa shape index (κ2) is 7.99. The van der Waals surface area contributed by atoms with E-state index in [0.29, 0.717) is 10.8 Å². The zero-order valence-electron chi connectivity index (χ0n) is 15.1. The minimum atomic E-state index is -0.844. The Hall–Kier alpha value is -1.89. The number of alkyl carbamates (subject to hydrolysis) is 1. The van der Waals surface area contributed by atoms with E-state index in [9.17, 15) is 14.4 Å². The molecule has 0 saturated carbocycles. The molecule has 0 bridgehead atoms. The number of esters is 1. The van der Waals surface area contributed by atoms with Crippen LogP contribution in [0.2, 0.25) is 0 Å². The number of fused-ring (bicyclic) bond motifs is 1. The van der Waals surface area contributed by atoms with Crippen LogP contribution >= 0.6 is 11.3 Å². The lowest BCUT2D eigenvalue weighted by molar-refractivity contribution is -0.123. The largest absolute Gasteiger partial charge is 0.451 e. The SMILES string of the molecule is CCOC(=O)NC(=O)COC(=O)c1cc2c(s1)CC[C@H](C(C)(C)C)C2. The Labute approximate surface area is 151 Å². The molecule has 0 radical (unpaired) electrons. The number of hydrogen-bond acceptors (Lipinski definition) is 6. The normalized spacial score (nSPS) is 16.7. The minimum Gasteiger partial charge on any atom is -0.451 e. The highest BCUT2D eigenvalue weighted by Crippen LogP contribution is 2.40. The van der Waals surface area contributed by atoms with E-state index in [1.807, 2.05) is 11.4 Å². The Morgan fingerprint density at radius 2 is 2.00 bits per heavy atom. The quantitative estimate of drug-likeness (QED) is 0.826. The van der Waals surface area contributed by atoms with Gasteiger partial charge in [-0.15, -0.1) is 11.3 Å². The average Bonchev–Trinajstić information content (AvgIpc) is 2.95. The van der Waals surface area contributed by atoms with Crippen LogP contribution in [0.15, 0.2) is 6.07 Å². The summed E-state index contributed by atoms with van der Waals surface area (Å²) in [6, 6.07) is 1.88. The number of imide groups is 1. The predicted octanol–water partition coefficient (Wildman–Crippen LogP) is 3.33. The number of rotatable bonds is 4. The van der Waals surface area contributed by atoms with E-state index in [-0.39, 0.29) is 12.0 Å². The van der Waals surface area contributed by atoms with Crippen molar-refractivity contribution in [3.8, 4) is 0 Å². The van der Waals surface area contributed by atoms with Crippen molar-refractivity contribution in [2.75, 3.05) is 13.2 Å². The summed E-state index contributed by atoms with van der Waals surface area (Å²) in [6.45, 7) is 8.01. The lowest BCUT2D eigenvalue weighted by Crippen LogP contribution is -2.34. The van der Waals surface area contributed by atoms with Gasteiger partial charge in [0, 0.05) is 4.88 Å². The topological polar surface area (TPSA) is 81.7 Å². The number of ether oxygens (including phenoxy) is 2. The number of thiophene rings is 1. The molecule has 0 saturated heterocycles. The van der Waals surface area contributed by atoms with Crippen LogP contribution in [0.1, 0.15) is 54.2 Å². The maximum Gasteiger partial charge on any atom is 0.413 e. The van der Waals surface area contributed by atoms with E-state index < -0.39 is 24.6 Å². The Morgan fingerprint density at radius 1 is 1.28 bits per heavy atom. The van der Waals surface area contributed by atoms with Crippen LogP contribution < -0.4 is 5.32 Å². The fraction of sp³-hybridized carbons (Fsp3) is 0.611. The Morgan fingerprint density at radius 3 is 2.64 bits per heavy atom. The van der Waals surface area contributed by atoms with E-state index in [0.717, 1.165) is 19.3 Å². The van der Waals surface area contributed by atoms with Crippen molar-refractivity contribution >= 4 is 29.3 Å². The summed E-state index contributed by atoms with van der Waals surface area (Å²) in [6.07, 6.45) is 2.21. The predicted molar refractivity (Wildman–Crippen MR) is 94.7 cm³/mol. The first-order valence-corrected chi connectivity index (χ1v) is 9.27. The summed E-state index contributed by atoms with van der Waals surface area (Å²) in [5.41, 5.74) is 1.45. The van der Waals surface area contributed by atoms with E-state index in [4.69, 9.17) is 4.74 Å². The summed E-state index contributed by atoms with van der Waals surface area (Å²) in [7, 11) is 0. The van der Waals surface area contributed by atoms with Crippen molar-refractivity contribution < 1.29 is 23.9 Å². The Balaban J connectivity index is 1.91. The molecule has 0 unspecified atom stereocenters. The third-order valence-electron chi connectivity index (χ3n) is 4.36. The molecule has 25 heavy (non-hydrogen) atoms. The second-order valence-corrected chi connectivity index (χ2v) is 8.35. The van der Waals surface area contributed by atoms with Crippen LogP contribution in [0.25, 0.3) is 0 Å². The fourth-order valence-corrected chi connectivity index (χ4v) is 3.98. The summed E-state index contributed by atoms with van der Waals surface area (Å²) < 4.78 is 9.58. The molecular weight excluding hydrogens is 342 g/mol. The maximum atomic E-state index is 12.1. The van der Waals surface area contributed by atoms with Gasteiger partial charge in [-0.2, -0.15) is 0 Å². The van der Waals surface area contributed by atoms with E-state index in [1.165, 1.54) is 21.8 Å². The van der Waals surface area contributed by atoms with Gasteiger partial charge < -0.3 is 9.47 Å². The number of carbonyl (C=O) groups excluding carboxylic acids is 3. The van der Waals surface area contributed by atoms with Gasteiger partial charge in [-0.25, -0.2) is 9.59 Å². The molecule has 1 atom stereocenters. The van der Waals surface area contributed by atoms with E-state index >= 15 is 0 Å². The van der Waals surface area contributed by atoms with E-state index in [1.54, 1.807) is 6.92 Å². The lowest BCUT2D eigenvalue weighted by atomic mass is 9.72. The molecule has 0 aliphatic heterocycles. The molecular formula is C18H25NO5S. The molecule has 2 rings (SSSR count). The minimum absolute atomic E-state index is 0.162. The Bertz CT molecular complexity index is 659. The molecule has 0 fully saturated rings. The summed E-state index contributed by atoms with van der Waals surface area (Å²) >= 11 is 1.43. The summed E-state index contributed by atoms with van der Waals surface area (Å²) in [5.74, 6) is -0.652. The fourth-order valence-electron chi connectivity index (χ4n) is 2.88. The Kier molecular flexibility index (Phi) is 6.21. The number of nitrogens with one attached hydrogen (secondary N) is 1. The molecule has 1 N–H and O–H groups in total. The standard InChI is InChI=1S/C18H25NO5S/c1-5-23-17(22)19-15(20)10-24-16(21)14-9-11-8-12(18(2,3)4)6-7-13(11)25-14/h9,12H,5-8,10H2,1-4H3,(H,19,20,22)/t12-/m0/s1. The van der Waals surface area contributed by atoms with Crippen molar-refractivity contribution in [3.63, 3.8) is 0 Å². The highest BCUT2D eigenvalue weighted by Gasteiger charge is 2.30. The molecule has 6 nitrogen and oxygen atoms in total. The van der Waals surface area contributed by atoms with Crippen LogP contribution in [-0.4, -0.2) is 31.2 Å². The molecule has 1 aromatic rings. The monoisotopic (exact) mass is 367 g/mol. The van der Waals surface area contributed by atoms with Gasteiger partial charge in [-0.1, -0.05) is 20.8 Å². The van der Waals surface area contributed by atoms with Gasteiger partial charge in [0.2, 0.25) is 0 Å². The van der Waals surface area contributed by atoms with Gasteiger partial charge >= 0.3 is 12.1 Å². The van der Waals surface area contributed by atoms with Gasteiger partial charge in [0.1, 0.15) is 4.88 Å². The maximum absolute atomic E-state index is 12.1. The smallest absolute Gasteiger partial charge is 0.413 e. The molecule has 2 amide bonds. The van der Waals surface area contributed by atoms with Gasteiger partial charge in [0.15, 0.2) is 6.61 Å². The molecule has 1 heterocycles. The molecule has 1 aromatic heterocycles. The first kappa shape index (κ1) is 19.4. The van der Waals surface area contributed by atoms with Crippen molar-refractivity contribution in [1.29, 1.82) is 0 Å². The molecule has 138 valence electrons. The first-order valence-electron chi connectivity index (χ1n) is 8.46. The second-order valence-electron chi connectivity index (χ2n) is 7.21. The number of aryl methyl sites for hydroxylation is 1. The van der Waals surface area contributed by atoms with Crippen molar-refractivity contribution in [2.24, 2.45) is 11.3 Å². The van der Waals surface area contributed by atoms with E-state index in [2.05, 4.69) is 25.5 Å². The van der Waals surface area contributed by atoms with Crippen LogP contribution in [0.4, 0.5) is 4.79 Å². The third kappa shape index (κ3) is 5.29. The number of hydrogen-bond donors (Lipinski definition) is 1. The molecule has 1 aliphatic carbocycles. The van der Waals surface area contributed by atoms with Crippen molar-refractivity contribution in [2.45, 2.75) is 47.0 Å². The average molecular weight is 367 g/mol. The van der Waals surface area contributed by atoms with Gasteiger partial charge in [0.25, 0.3) is 5.91 Å². The van der Waals surface area contributed by atoms with Gasteiger partial charge in [0.05, 0.1) is 6.61 Å². The highest BCUT2D eigenvalue weighted by molar-refractivity contribution is 7.14. The molecule has 7 heteroatoms. The highest BCUT2D eigenvalue weighted by atomic mass is 32.1. The van der Waals surface area contributed by atoms with Gasteiger partial charge in [-0.05, 0) is 49.1 Å². The molecule has 0 aromatic carbocycles. The molecule has 0 spiro atoms. The van der Waals surface area contributed by atoms with Crippen LogP contribution in [0, 0.1) is 11.3 Å². The zero-order chi connectivity index (χ0) is 18.6. The van der Waals surface area contributed by atoms with Crippen molar-refractivity contribution in [1.82, 2.24) is 5.32 Å². The first-order chi connectivity index (χ1) is 11.7. The van der Waals surface area contributed by atoms with Crippen LogP contribution in [0.3, 0.4) is 0 Å². The summed E-state index contributed by atoms with van der Waals surface area (Å²) in [4.78, 5) is 36.5. The van der Waals surface area contributed by atoms with Crippen LogP contribution in [-0.2, 0) is 27.1 Å². The number of carbonyl (C=O) groups is 3. The molecule has 1 aliphatic rings.